The highest BCUT2D eigenvalue weighted by atomic mass is 16.4. The van der Waals surface area contributed by atoms with Crippen LogP contribution in [0.25, 0.3) is 0 Å². The van der Waals surface area contributed by atoms with E-state index >= 15 is 0 Å². The first-order chi connectivity index (χ1) is 9.40. The molecule has 2 atom stereocenters. The number of carbonyl (C=O) groups is 1. The van der Waals surface area contributed by atoms with Crippen molar-refractivity contribution in [1.82, 2.24) is 9.47 Å². The highest BCUT2D eigenvalue weighted by Gasteiger charge is 2.38. The van der Waals surface area contributed by atoms with E-state index in [-0.39, 0.29) is 6.04 Å². The Balaban J connectivity index is 2.21. The van der Waals surface area contributed by atoms with Gasteiger partial charge in [0.25, 0.3) is 0 Å². The number of aryl methyl sites for hydroxylation is 1. The third kappa shape index (κ3) is 2.98. The first-order valence-corrected chi connectivity index (χ1v) is 7.23. The molecule has 20 heavy (non-hydrogen) atoms. The minimum absolute atomic E-state index is 0.269. The van der Waals surface area contributed by atoms with E-state index in [0.29, 0.717) is 6.04 Å². The Kier molecular flexibility index (Phi) is 4.38. The SMILES string of the molecule is CC(C)N(C)C[C@@H]1CC[C@H](C(=O)O)N1c1ccn(C)c1. The molecular weight excluding hydrogens is 254 g/mol. The lowest BCUT2D eigenvalue weighted by Gasteiger charge is -2.33. The van der Waals surface area contributed by atoms with E-state index in [1.54, 1.807) is 0 Å². The average molecular weight is 279 g/mol. The number of likely N-dealkylation sites (N-methyl/N-ethyl adjacent to an activating group) is 1. The second-order valence-corrected chi connectivity index (χ2v) is 6.06. The van der Waals surface area contributed by atoms with Crippen molar-refractivity contribution in [3.05, 3.63) is 18.5 Å². The second-order valence-electron chi connectivity index (χ2n) is 6.06. The smallest absolute Gasteiger partial charge is 0.326 e. The van der Waals surface area contributed by atoms with Gasteiger partial charge >= 0.3 is 5.97 Å². The van der Waals surface area contributed by atoms with Gasteiger partial charge in [-0.3, -0.25) is 0 Å². The van der Waals surface area contributed by atoms with Gasteiger partial charge in [0.15, 0.2) is 0 Å². The fraction of sp³-hybridized carbons (Fsp3) is 0.667. The standard InChI is InChI=1S/C15H25N3O2/c1-11(2)17(4)10-12-5-6-14(15(19)20)18(12)13-7-8-16(3)9-13/h7-9,11-12,14H,5-6,10H2,1-4H3,(H,19,20)/t12-,14+/m0/s1. The van der Waals surface area contributed by atoms with Crippen LogP contribution in [-0.4, -0.2) is 52.3 Å². The summed E-state index contributed by atoms with van der Waals surface area (Å²) in [6.07, 6.45) is 5.63. The number of aromatic nitrogens is 1. The Morgan fingerprint density at radius 3 is 2.70 bits per heavy atom. The number of carboxylic acid groups (broad SMARTS) is 1. The van der Waals surface area contributed by atoms with Crippen LogP contribution in [0.15, 0.2) is 18.5 Å². The fourth-order valence-corrected chi connectivity index (χ4v) is 2.88. The quantitative estimate of drug-likeness (QED) is 0.892. The zero-order valence-corrected chi connectivity index (χ0v) is 12.8. The minimum Gasteiger partial charge on any atom is -0.480 e. The summed E-state index contributed by atoms with van der Waals surface area (Å²) in [5, 5.41) is 9.45. The van der Waals surface area contributed by atoms with Gasteiger partial charge in [-0.25, -0.2) is 4.79 Å². The molecular formula is C15H25N3O2. The van der Waals surface area contributed by atoms with Gasteiger partial charge in [-0.05, 0) is 39.8 Å². The zero-order chi connectivity index (χ0) is 14.9. The third-order valence-electron chi connectivity index (χ3n) is 4.28. The van der Waals surface area contributed by atoms with Crippen molar-refractivity contribution in [1.29, 1.82) is 0 Å². The number of hydrogen-bond donors (Lipinski definition) is 1. The topological polar surface area (TPSA) is 48.7 Å². The highest BCUT2D eigenvalue weighted by Crippen LogP contribution is 2.31. The van der Waals surface area contributed by atoms with Crippen LogP contribution < -0.4 is 4.90 Å². The molecule has 0 spiro atoms. The van der Waals surface area contributed by atoms with Crippen LogP contribution in [0.5, 0.6) is 0 Å². The van der Waals surface area contributed by atoms with E-state index < -0.39 is 12.0 Å². The Bertz CT molecular complexity index is 469. The van der Waals surface area contributed by atoms with E-state index in [9.17, 15) is 9.90 Å². The maximum Gasteiger partial charge on any atom is 0.326 e. The van der Waals surface area contributed by atoms with Crippen molar-refractivity contribution < 1.29 is 9.90 Å². The van der Waals surface area contributed by atoms with Crippen molar-refractivity contribution >= 4 is 11.7 Å². The molecule has 2 rings (SSSR count). The molecule has 1 aliphatic rings. The summed E-state index contributed by atoms with van der Waals surface area (Å²) in [7, 11) is 4.06. The first-order valence-electron chi connectivity index (χ1n) is 7.23. The van der Waals surface area contributed by atoms with Gasteiger partial charge in [-0.2, -0.15) is 0 Å². The molecule has 1 aromatic heterocycles. The first kappa shape index (κ1) is 14.9. The summed E-state index contributed by atoms with van der Waals surface area (Å²) < 4.78 is 1.97. The third-order valence-corrected chi connectivity index (χ3v) is 4.28. The van der Waals surface area contributed by atoms with Crippen LogP contribution in [-0.2, 0) is 11.8 Å². The lowest BCUT2D eigenvalue weighted by molar-refractivity contribution is -0.138. The maximum absolute atomic E-state index is 11.5. The molecule has 0 amide bonds. The largest absolute Gasteiger partial charge is 0.480 e. The molecule has 0 bridgehead atoms. The van der Waals surface area contributed by atoms with E-state index in [2.05, 4.69) is 30.7 Å². The lowest BCUT2D eigenvalue weighted by atomic mass is 10.2. The predicted octanol–water partition coefficient (Wildman–Crippen LogP) is 1.79. The summed E-state index contributed by atoms with van der Waals surface area (Å²) >= 11 is 0. The van der Waals surface area contributed by atoms with Gasteiger partial charge in [0.1, 0.15) is 6.04 Å². The Labute approximate surface area is 120 Å². The maximum atomic E-state index is 11.5. The van der Waals surface area contributed by atoms with Crippen molar-refractivity contribution in [2.75, 3.05) is 18.5 Å². The molecule has 1 N–H and O–H groups in total. The Morgan fingerprint density at radius 2 is 2.20 bits per heavy atom. The van der Waals surface area contributed by atoms with Gasteiger partial charge in [0.2, 0.25) is 0 Å². The van der Waals surface area contributed by atoms with Gasteiger partial charge in [0, 0.05) is 38.1 Å². The molecule has 1 fully saturated rings. The Morgan fingerprint density at radius 1 is 1.50 bits per heavy atom. The minimum atomic E-state index is -0.719. The number of rotatable bonds is 5. The lowest BCUT2D eigenvalue weighted by Crippen LogP contribution is -2.46. The molecule has 1 aliphatic heterocycles. The highest BCUT2D eigenvalue weighted by molar-refractivity contribution is 5.79. The van der Waals surface area contributed by atoms with Crippen LogP contribution in [0.4, 0.5) is 5.69 Å². The monoisotopic (exact) mass is 279 g/mol. The summed E-state index contributed by atoms with van der Waals surface area (Å²) in [6, 6.07) is 2.34. The average Bonchev–Trinajstić information content (AvgIpc) is 2.95. The van der Waals surface area contributed by atoms with Gasteiger partial charge in [-0.15, -0.1) is 0 Å². The molecule has 0 radical (unpaired) electrons. The normalized spacial score (nSPS) is 23.0. The summed E-state index contributed by atoms with van der Waals surface area (Å²) in [4.78, 5) is 15.9. The number of hydrogen-bond acceptors (Lipinski definition) is 3. The molecule has 5 nitrogen and oxygen atoms in total. The molecule has 112 valence electrons. The number of carboxylic acids is 1. The summed E-state index contributed by atoms with van der Waals surface area (Å²) in [5.41, 5.74) is 1.01. The van der Waals surface area contributed by atoms with Crippen molar-refractivity contribution in [2.24, 2.45) is 7.05 Å². The molecule has 0 unspecified atom stereocenters. The van der Waals surface area contributed by atoms with E-state index in [1.807, 2.05) is 30.1 Å². The molecule has 2 heterocycles. The van der Waals surface area contributed by atoms with Crippen LogP contribution >= 0.6 is 0 Å². The second kappa shape index (κ2) is 5.87. The van der Waals surface area contributed by atoms with Crippen LogP contribution in [0.3, 0.4) is 0 Å². The number of anilines is 1. The van der Waals surface area contributed by atoms with Crippen molar-refractivity contribution in [3.63, 3.8) is 0 Å². The molecule has 1 aromatic rings. The molecule has 0 aromatic carbocycles. The van der Waals surface area contributed by atoms with E-state index in [0.717, 1.165) is 25.1 Å². The van der Waals surface area contributed by atoms with Gasteiger partial charge in [0.05, 0.1) is 5.69 Å². The molecule has 0 saturated carbocycles. The summed E-state index contributed by atoms with van der Waals surface area (Å²) in [6.45, 7) is 5.23. The van der Waals surface area contributed by atoms with Gasteiger partial charge < -0.3 is 19.5 Å². The Hall–Kier alpha value is -1.49. The van der Waals surface area contributed by atoms with E-state index in [1.165, 1.54) is 0 Å². The van der Waals surface area contributed by atoms with Crippen LogP contribution in [0.1, 0.15) is 26.7 Å². The summed E-state index contributed by atoms with van der Waals surface area (Å²) in [5.74, 6) is -0.719. The van der Waals surface area contributed by atoms with Crippen LogP contribution in [0.2, 0.25) is 0 Å². The molecule has 1 saturated heterocycles. The van der Waals surface area contributed by atoms with Crippen molar-refractivity contribution in [2.45, 2.75) is 44.8 Å². The number of aliphatic carboxylic acids is 1. The fourth-order valence-electron chi connectivity index (χ4n) is 2.88. The van der Waals surface area contributed by atoms with E-state index in [4.69, 9.17) is 0 Å². The zero-order valence-electron chi connectivity index (χ0n) is 12.8. The van der Waals surface area contributed by atoms with Gasteiger partial charge in [-0.1, -0.05) is 0 Å². The van der Waals surface area contributed by atoms with Crippen molar-refractivity contribution in [3.8, 4) is 0 Å². The van der Waals surface area contributed by atoms with Crippen LogP contribution in [0, 0.1) is 0 Å². The molecule has 0 aliphatic carbocycles. The predicted molar refractivity (Wildman–Crippen MR) is 80.1 cm³/mol. The molecule has 5 heteroatoms. The number of nitrogens with zero attached hydrogens (tertiary/aromatic N) is 3.